The summed E-state index contributed by atoms with van der Waals surface area (Å²) in [4.78, 5) is 17.7. The van der Waals surface area contributed by atoms with Gasteiger partial charge >= 0.3 is 5.97 Å². The highest BCUT2D eigenvalue weighted by molar-refractivity contribution is 5.86. The van der Waals surface area contributed by atoms with Crippen molar-refractivity contribution in [2.45, 2.75) is 20.8 Å². The van der Waals surface area contributed by atoms with Gasteiger partial charge in [-0.15, -0.1) is 0 Å². The third-order valence-electron chi connectivity index (χ3n) is 3.62. The summed E-state index contributed by atoms with van der Waals surface area (Å²) in [5.41, 5.74) is 2.58. The Bertz CT molecular complexity index is 664. The number of carboxylic acid groups (broad SMARTS) is 1. The molecule has 122 valence electrons. The van der Waals surface area contributed by atoms with Crippen molar-refractivity contribution in [3.63, 3.8) is 0 Å². The zero-order chi connectivity index (χ0) is 16.8. The molecule has 0 aliphatic rings. The molecule has 0 bridgehead atoms. The van der Waals surface area contributed by atoms with E-state index in [1.807, 2.05) is 31.2 Å². The monoisotopic (exact) mass is 314 g/mol. The highest BCUT2D eigenvalue weighted by atomic mass is 16.5. The van der Waals surface area contributed by atoms with E-state index in [1.165, 1.54) is 6.07 Å². The molecule has 0 aliphatic heterocycles. The number of aromatic carboxylic acids is 1. The second-order valence-electron chi connectivity index (χ2n) is 5.03. The molecule has 2 aromatic rings. The third kappa shape index (κ3) is 4.00. The topological polar surface area (TPSA) is 62.7 Å². The molecule has 0 unspecified atom stereocenters. The Morgan fingerprint density at radius 3 is 2.30 bits per heavy atom. The van der Waals surface area contributed by atoms with Crippen LogP contribution in [0.25, 0.3) is 11.3 Å². The molecule has 2 rings (SSSR count). The van der Waals surface area contributed by atoms with Crippen molar-refractivity contribution in [3.8, 4) is 17.0 Å². The SMILES string of the molecule is CCOc1cc(C(=O)O)nc(-c2ccc(N(CC)CC)cc2)c1. The molecule has 0 fully saturated rings. The fraction of sp³-hybridized carbons (Fsp3) is 0.333. The van der Waals surface area contributed by atoms with Gasteiger partial charge in [-0.2, -0.15) is 0 Å². The van der Waals surface area contributed by atoms with Crippen molar-refractivity contribution in [2.75, 3.05) is 24.6 Å². The number of rotatable bonds is 7. The van der Waals surface area contributed by atoms with Gasteiger partial charge in [0.2, 0.25) is 0 Å². The number of pyridine rings is 1. The van der Waals surface area contributed by atoms with Gasteiger partial charge in [-0.3, -0.25) is 0 Å². The summed E-state index contributed by atoms with van der Waals surface area (Å²) in [6.45, 7) is 8.45. The van der Waals surface area contributed by atoms with Crippen LogP contribution in [-0.4, -0.2) is 35.8 Å². The molecule has 0 saturated carbocycles. The van der Waals surface area contributed by atoms with E-state index in [0.717, 1.165) is 24.3 Å². The normalized spacial score (nSPS) is 10.4. The van der Waals surface area contributed by atoms with Crippen LogP contribution in [0.2, 0.25) is 0 Å². The van der Waals surface area contributed by atoms with Crippen LogP contribution in [0.3, 0.4) is 0 Å². The van der Waals surface area contributed by atoms with E-state index in [0.29, 0.717) is 18.1 Å². The quantitative estimate of drug-likeness (QED) is 0.844. The van der Waals surface area contributed by atoms with E-state index < -0.39 is 5.97 Å². The number of carbonyl (C=O) groups is 1. The fourth-order valence-electron chi connectivity index (χ4n) is 2.44. The molecule has 23 heavy (non-hydrogen) atoms. The Balaban J connectivity index is 2.38. The smallest absolute Gasteiger partial charge is 0.354 e. The van der Waals surface area contributed by atoms with Crippen LogP contribution in [0, 0.1) is 0 Å². The van der Waals surface area contributed by atoms with Crippen molar-refractivity contribution >= 4 is 11.7 Å². The lowest BCUT2D eigenvalue weighted by molar-refractivity contribution is 0.0690. The predicted octanol–water partition coefficient (Wildman–Crippen LogP) is 3.69. The Morgan fingerprint density at radius 2 is 1.78 bits per heavy atom. The minimum atomic E-state index is -1.06. The molecule has 0 radical (unpaired) electrons. The van der Waals surface area contributed by atoms with Gasteiger partial charge in [-0.05, 0) is 32.9 Å². The summed E-state index contributed by atoms with van der Waals surface area (Å²) < 4.78 is 5.44. The lowest BCUT2D eigenvalue weighted by Crippen LogP contribution is -2.21. The zero-order valence-corrected chi connectivity index (χ0v) is 13.7. The molecule has 0 amide bonds. The van der Waals surface area contributed by atoms with Crippen LogP contribution in [0.4, 0.5) is 5.69 Å². The first kappa shape index (κ1) is 16.8. The average molecular weight is 314 g/mol. The van der Waals surface area contributed by atoms with E-state index in [-0.39, 0.29) is 5.69 Å². The fourth-order valence-corrected chi connectivity index (χ4v) is 2.44. The zero-order valence-electron chi connectivity index (χ0n) is 13.7. The second kappa shape index (κ2) is 7.63. The highest BCUT2D eigenvalue weighted by Crippen LogP contribution is 2.26. The summed E-state index contributed by atoms with van der Waals surface area (Å²) in [5.74, 6) is -0.546. The van der Waals surface area contributed by atoms with Crippen molar-refractivity contribution in [1.29, 1.82) is 0 Å². The number of hydrogen-bond acceptors (Lipinski definition) is 4. The van der Waals surface area contributed by atoms with Crippen molar-refractivity contribution in [2.24, 2.45) is 0 Å². The molecule has 0 saturated heterocycles. The van der Waals surface area contributed by atoms with Crippen LogP contribution in [-0.2, 0) is 0 Å². The standard InChI is InChI=1S/C18H22N2O3/c1-4-20(5-2)14-9-7-13(8-10-14)16-11-15(23-6-3)12-17(19-16)18(21)22/h7-12H,4-6H2,1-3H3,(H,21,22). The molecule has 0 spiro atoms. The first-order valence-electron chi connectivity index (χ1n) is 7.82. The molecule has 0 atom stereocenters. The lowest BCUT2D eigenvalue weighted by Gasteiger charge is -2.21. The Labute approximate surface area is 136 Å². The summed E-state index contributed by atoms with van der Waals surface area (Å²) in [6, 6.07) is 11.2. The van der Waals surface area contributed by atoms with Crippen LogP contribution in [0.15, 0.2) is 36.4 Å². The molecule has 5 nitrogen and oxygen atoms in total. The minimum Gasteiger partial charge on any atom is -0.494 e. The van der Waals surface area contributed by atoms with Gasteiger partial charge in [0, 0.05) is 36.5 Å². The predicted molar refractivity (Wildman–Crippen MR) is 91.4 cm³/mol. The van der Waals surface area contributed by atoms with Gasteiger partial charge < -0.3 is 14.7 Å². The van der Waals surface area contributed by atoms with Crippen molar-refractivity contribution in [1.82, 2.24) is 4.98 Å². The van der Waals surface area contributed by atoms with E-state index in [1.54, 1.807) is 6.07 Å². The Hall–Kier alpha value is -2.56. The lowest BCUT2D eigenvalue weighted by atomic mass is 10.1. The van der Waals surface area contributed by atoms with Crippen LogP contribution < -0.4 is 9.64 Å². The van der Waals surface area contributed by atoms with Gasteiger partial charge in [-0.1, -0.05) is 12.1 Å². The number of carboxylic acids is 1. The number of hydrogen-bond donors (Lipinski definition) is 1. The number of benzene rings is 1. The van der Waals surface area contributed by atoms with Crippen molar-refractivity contribution in [3.05, 3.63) is 42.1 Å². The number of aromatic nitrogens is 1. The largest absolute Gasteiger partial charge is 0.494 e. The molecular formula is C18H22N2O3. The van der Waals surface area contributed by atoms with E-state index in [9.17, 15) is 9.90 Å². The van der Waals surface area contributed by atoms with Crippen molar-refractivity contribution < 1.29 is 14.6 Å². The van der Waals surface area contributed by atoms with Gasteiger partial charge in [0.15, 0.2) is 5.69 Å². The number of nitrogens with zero attached hydrogens (tertiary/aromatic N) is 2. The summed E-state index contributed by atoms with van der Waals surface area (Å²) in [5, 5.41) is 9.20. The molecule has 0 aliphatic carbocycles. The maximum atomic E-state index is 11.2. The maximum absolute atomic E-state index is 11.2. The summed E-state index contributed by atoms with van der Waals surface area (Å²) in [6.07, 6.45) is 0. The maximum Gasteiger partial charge on any atom is 0.354 e. The van der Waals surface area contributed by atoms with E-state index >= 15 is 0 Å². The summed E-state index contributed by atoms with van der Waals surface area (Å²) in [7, 11) is 0. The average Bonchev–Trinajstić information content (AvgIpc) is 2.56. The minimum absolute atomic E-state index is 0.0150. The Kier molecular flexibility index (Phi) is 5.57. The van der Waals surface area contributed by atoms with E-state index in [4.69, 9.17) is 4.74 Å². The molecular weight excluding hydrogens is 292 g/mol. The molecule has 5 heteroatoms. The molecule has 1 heterocycles. The van der Waals surface area contributed by atoms with Gasteiger partial charge in [0.1, 0.15) is 5.75 Å². The Morgan fingerprint density at radius 1 is 1.13 bits per heavy atom. The third-order valence-corrected chi connectivity index (χ3v) is 3.62. The first-order chi connectivity index (χ1) is 11.1. The molecule has 1 aromatic heterocycles. The van der Waals surface area contributed by atoms with Crippen LogP contribution in [0.1, 0.15) is 31.3 Å². The highest BCUT2D eigenvalue weighted by Gasteiger charge is 2.11. The second-order valence-corrected chi connectivity index (χ2v) is 5.03. The molecule has 1 N–H and O–H groups in total. The van der Waals surface area contributed by atoms with Crippen LogP contribution >= 0.6 is 0 Å². The van der Waals surface area contributed by atoms with E-state index in [2.05, 4.69) is 23.7 Å². The van der Waals surface area contributed by atoms with Crippen LogP contribution in [0.5, 0.6) is 5.75 Å². The summed E-state index contributed by atoms with van der Waals surface area (Å²) >= 11 is 0. The molecule has 1 aromatic carbocycles. The number of ether oxygens (including phenoxy) is 1. The van der Waals surface area contributed by atoms with Gasteiger partial charge in [0.25, 0.3) is 0 Å². The number of anilines is 1. The van der Waals surface area contributed by atoms with Gasteiger partial charge in [-0.25, -0.2) is 9.78 Å². The first-order valence-corrected chi connectivity index (χ1v) is 7.82. The van der Waals surface area contributed by atoms with Gasteiger partial charge in [0.05, 0.1) is 12.3 Å².